The molecule has 1 aliphatic heterocycles. The Labute approximate surface area is 142 Å². The van der Waals surface area contributed by atoms with E-state index < -0.39 is 0 Å². The molecule has 0 aromatic carbocycles. The number of morpholine rings is 1. The van der Waals surface area contributed by atoms with Crippen molar-refractivity contribution >= 4 is 5.96 Å². The van der Waals surface area contributed by atoms with Crippen LogP contribution in [0.25, 0.3) is 0 Å². The first-order valence-electron chi connectivity index (χ1n) is 9.63. The number of guanidine groups is 1. The Balaban J connectivity index is 1.83. The monoisotopic (exact) mass is 324 g/mol. The smallest absolute Gasteiger partial charge is 0.188 e. The van der Waals surface area contributed by atoms with Gasteiger partial charge in [0, 0.05) is 25.2 Å². The molecule has 2 aliphatic rings. The summed E-state index contributed by atoms with van der Waals surface area (Å²) in [5, 5.41) is 3.29. The third kappa shape index (κ3) is 5.96. The summed E-state index contributed by atoms with van der Waals surface area (Å²) in [5.74, 6) is 0.625. The molecule has 134 valence electrons. The molecular weight excluding hydrogens is 288 g/mol. The minimum absolute atomic E-state index is 0.219. The molecule has 0 amide bonds. The van der Waals surface area contributed by atoms with Crippen molar-refractivity contribution in [2.45, 2.75) is 70.3 Å². The lowest BCUT2D eigenvalue weighted by molar-refractivity contribution is -0.0333. The number of nitrogens with one attached hydrogen (secondary N) is 1. The van der Waals surface area contributed by atoms with Gasteiger partial charge in [-0.15, -0.1) is 0 Å². The van der Waals surface area contributed by atoms with Gasteiger partial charge < -0.3 is 15.8 Å². The molecule has 0 radical (unpaired) electrons. The molecule has 0 atom stereocenters. The van der Waals surface area contributed by atoms with E-state index in [-0.39, 0.29) is 5.54 Å². The van der Waals surface area contributed by atoms with Gasteiger partial charge in [-0.25, -0.2) is 0 Å². The van der Waals surface area contributed by atoms with Gasteiger partial charge in [-0.05, 0) is 19.3 Å². The predicted octanol–water partition coefficient (Wildman–Crippen LogP) is 2.51. The van der Waals surface area contributed by atoms with Crippen LogP contribution in [0, 0.1) is 0 Å². The van der Waals surface area contributed by atoms with E-state index in [1.807, 2.05) is 0 Å². The van der Waals surface area contributed by atoms with E-state index in [1.54, 1.807) is 0 Å². The molecule has 0 unspecified atom stereocenters. The van der Waals surface area contributed by atoms with Crippen LogP contribution in [0.1, 0.15) is 64.7 Å². The topological polar surface area (TPSA) is 62.9 Å². The average Bonchev–Trinajstić information content (AvgIpc) is 2.61. The summed E-state index contributed by atoms with van der Waals surface area (Å²) in [4.78, 5) is 7.33. The van der Waals surface area contributed by atoms with Gasteiger partial charge in [0.25, 0.3) is 0 Å². The van der Waals surface area contributed by atoms with E-state index in [9.17, 15) is 0 Å². The molecule has 1 heterocycles. The molecule has 3 N–H and O–H groups in total. The number of hydrogen-bond donors (Lipinski definition) is 2. The first-order valence-corrected chi connectivity index (χ1v) is 9.63. The molecule has 23 heavy (non-hydrogen) atoms. The molecule has 0 aromatic heterocycles. The third-order valence-electron chi connectivity index (χ3n) is 5.35. The first-order chi connectivity index (χ1) is 11.3. The number of rotatable bonds is 8. The Bertz CT molecular complexity index is 347. The van der Waals surface area contributed by atoms with Crippen molar-refractivity contribution < 1.29 is 4.74 Å². The van der Waals surface area contributed by atoms with Gasteiger partial charge in [0.1, 0.15) is 0 Å². The zero-order valence-corrected chi connectivity index (χ0v) is 15.0. The summed E-state index contributed by atoms with van der Waals surface area (Å²) >= 11 is 0. The van der Waals surface area contributed by atoms with Gasteiger partial charge in [-0.2, -0.15) is 0 Å². The van der Waals surface area contributed by atoms with Crippen molar-refractivity contribution in [3.8, 4) is 0 Å². The van der Waals surface area contributed by atoms with Crippen LogP contribution in [0.15, 0.2) is 4.99 Å². The van der Waals surface area contributed by atoms with Crippen molar-refractivity contribution in [1.29, 1.82) is 0 Å². The van der Waals surface area contributed by atoms with Crippen molar-refractivity contribution in [3.63, 3.8) is 0 Å². The fourth-order valence-electron chi connectivity index (χ4n) is 3.88. The minimum Gasteiger partial charge on any atom is -0.379 e. The van der Waals surface area contributed by atoms with Gasteiger partial charge in [-0.3, -0.25) is 9.89 Å². The van der Waals surface area contributed by atoms with Crippen molar-refractivity contribution in [2.75, 3.05) is 39.4 Å². The molecule has 0 aromatic rings. The lowest BCUT2D eigenvalue weighted by atomic mass is 9.80. The molecule has 2 rings (SSSR count). The lowest BCUT2D eigenvalue weighted by Crippen LogP contribution is -2.56. The van der Waals surface area contributed by atoms with Crippen LogP contribution in [0.4, 0.5) is 0 Å². The second-order valence-corrected chi connectivity index (χ2v) is 7.07. The maximum absolute atomic E-state index is 6.09. The summed E-state index contributed by atoms with van der Waals surface area (Å²) in [5.41, 5.74) is 6.31. The zero-order chi connectivity index (χ0) is 16.4. The predicted molar refractivity (Wildman–Crippen MR) is 96.8 cm³/mol. The van der Waals surface area contributed by atoms with Crippen LogP contribution >= 0.6 is 0 Å². The lowest BCUT2D eigenvalue weighted by Gasteiger charge is -2.47. The normalized spacial score (nSPS) is 22.9. The number of ether oxygens (including phenoxy) is 1. The van der Waals surface area contributed by atoms with Gasteiger partial charge in [0.15, 0.2) is 5.96 Å². The Kier molecular flexibility index (Phi) is 8.17. The summed E-state index contributed by atoms with van der Waals surface area (Å²) in [6.07, 6.45) is 11.5. The molecule has 0 bridgehead atoms. The van der Waals surface area contributed by atoms with Crippen LogP contribution in [0.2, 0.25) is 0 Å². The van der Waals surface area contributed by atoms with E-state index in [0.29, 0.717) is 5.96 Å². The fraction of sp³-hybridized carbons (Fsp3) is 0.944. The quantitative estimate of drug-likeness (QED) is 0.409. The molecule has 5 heteroatoms. The highest BCUT2D eigenvalue weighted by Gasteiger charge is 2.38. The zero-order valence-electron chi connectivity index (χ0n) is 15.0. The SMILES string of the molecule is CCCCCCNC(N)=NCC1(N2CCOCC2)CCCCC1. The van der Waals surface area contributed by atoms with E-state index in [0.717, 1.165) is 39.4 Å². The van der Waals surface area contributed by atoms with Gasteiger partial charge in [-0.1, -0.05) is 45.4 Å². The van der Waals surface area contributed by atoms with E-state index in [1.165, 1.54) is 57.8 Å². The number of aliphatic imine (C=N–C) groups is 1. The van der Waals surface area contributed by atoms with Crippen LogP contribution in [0.3, 0.4) is 0 Å². The van der Waals surface area contributed by atoms with Crippen LogP contribution < -0.4 is 11.1 Å². The fourth-order valence-corrected chi connectivity index (χ4v) is 3.88. The van der Waals surface area contributed by atoms with Crippen LogP contribution in [-0.4, -0.2) is 55.8 Å². The van der Waals surface area contributed by atoms with Gasteiger partial charge in [0.2, 0.25) is 0 Å². The summed E-state index contributed by atoms with van der Waals surface area (Å²) in [6, 6.07) is 0. The van der Waals surface area contributed by atoms with E-state index in [4.69, 9.17) is 15.5 Å². The molecule has 1 saturated heterocycles. The first kappa shape index (κ1) is 18.5. The van der Waals surface area contributed by atoms with Gasteiger partial charge >= 0.3 is 0 Å². The summed E-state index contributed by atoms with van der Waals surface area (Å²) in [7, 11) is 0. The minimum atomic E-state index is 0.219. The van der Waals surface area contributed by atoms with Crippen molar-refractivity contribution in [2.24, 2.45) is 10.7 Å². The Morgan fingerprint density at radius 3 is 2.57 bits per heavy atom. The molecule has 5 nitrogen and oxygen atoms in total. The van der Waals surface area contributed by atoms with Crippen LogP contribution in [0.5, 0.6) is 0 Å². The Morgan fingerprint density at radius 2 is 1.87 bits per heavy atom. The molecule has 2 fully saturated rings. The molecular formula is C18H36N4O. The number of unbranched alkanes of at least 4 members (excludes halogenated alkanes) is 3. The second-order valence-electron chi connectivity index (χ2n) is 7.07. The highest BCUT2D eigenvalue weighted by Crippen LogP contribution is 2.34. The van der Waals surface area contributed by atoms with Gasteiger partial charge in [0.05, 0.1) is 19.8 Å². The highest BCUT2D eigenvalue weighted by molar-refractivity contribution is 5.77. The van der Waals surface area contributed by atoms with E-state index in [2.05, 4.69) is 17.1 Å². The Hall–Kier alpha value is -0.810. The number of nitrogens with zero attached hydrogens (tertiary/aromatic N) is 2. The third-order valence-corrected chi connectivity index (χ3v) is 5.35. The number of hydrogen-bond acceptors (Lipinski definition) is 3. The maximum Gasteiger partial charge on any atom is 0.188 e. The van der Waals surface area contributed by atoms with Crippen molar-refractivity contribution in [1.82, 2.24) is 10.2 Å². The maximum atomic E-state index is 6.09. The summed E-state index contributed by atoms with van der Waals surface area (Å²) < 4.78 is 5.53. The van der Waals surface area contributed by atoms with E-state index >= 15 is 0 Å². The second kappa shape index (κ2) is 10.1. The van der Waals surface area contributed by atoms with Crippen molar-refractivity contribution in [3.05, 3.63) is 0 Å². The Morgan fingerprint density at radius 1 is 1.13 bits per heavy atom. The standard InChI is InChI=1S/C18H36N4O/c1-2-3-4-8-11-20-17(19)21-16-18(9-6-5-7-10-18)22-12-14-23-15-13-22/h2-16H2,1H3,(H3,19,20,21). The molecule has 0 spiro atoms. The van der Waals surface area contributed by atoms with Crippen LogP contribution in [-0.2, 0) is 4.74 Å². The average molecular weight is 325 g/mol. The molecule has 1 aliphatic carbocycles. The summed E-state index contributed by atoms with van der Waals surface area (Å²) in [6.45, 7) is 7.81. The highest BCUT2D eigenvalue weighted by atomic mass is 16.5. The molecule has 1 saturated carbocycles. The number of nitrogens with two attached hydrogens (primary N) is 1. The largest absolute Gasteiger partial charge is 0.379 e.